The number of nitrogens with one attached hydrogen (secondary N) is 1. The fraction of sp³-hybridized carbons (Fsp3) is 0.222. The maximum Gasteiger partial charge on any atom is 0.300 e. The molecule has 8 nitrogen and oxygen atoms in total. The van der Waals surface area contributed by atoms with Crippen LogP contribution in [0.5, 0.6) is 0 Å². The van der Waals surface area contributed by atoms with Crippen LogP contribution in [0, 0.1) is 17.0 Å². The Labute approximate surface area is 123 Å². The van der Waals surface area contributed by atoms with E-state index < -0.39 is 20.6 Å². The van der Waals surface area contributed by atoms with Gasteiger partial charge in [-0.15, -0.1) is 11.3 Å². The predicted octanol–water partition coefficient (Wildman–Crippen LogP) is 2.15. The summed E-state index contributed by atoms with van der Waals surface area (Å²) >= 11 is 6.28. The van der Waals surface area contributed by atoms with Gasteiger partial charge in [0.2, 0.25) is 0 Å². The van der Waals surface area contributed by atoms with Gasteiger partial charge in [0.05, 0.1) is 10.6 Å². The zero-order valence-electron chi connectivity index (χ0n) is 10.3. The van der Waals surface area contributed by atoms with Gasteiger partial charge in [-0.05, 0) is 6.92 Å². The number of hydrogen-bond donors (Lipinski definition) is 1. The van der Waals surface area contributed by atoms with E-state index in [1.165, 1.54) is 4.68 Å². The van der Waals surface area contributed by atoms with Crippen LogP contribution >= 0.6 is 22.9 Å². The van der Waals surface area contributed by atoms with Crippen molar-refractivity contribution in [1.29, 1.82) is 0 Å². The van der Waals surface area contributed by atoms with E-state index in [4.69, 9.17) is 11.6 Å². The monoisotopic (exact) mass is 336 g/mol. The molecule has 0 radical (unpaired) electrons. The van der Waals surface area contributed by atoms with Crippen LogP contribution < -0.4 is 4.72 Å². The quantitative estimate of drug-likeness (QED) is 0.680. The lowest BCUT2D eigenvalue weighted by atomic mass is 10.5. The minimum absolute atomic E-state index is 0.184. The number of aromatic nitrogens is 2. The van der Waals surface area contributed by atoms with Crippen molar-refractivity contribution in [3.05, 3.63) is 32.3 Å². The zero-order chi connectivity index (χ0) is 15.1. The minimum Gasteiger partial charge on any atom is -0.263 e. The SMILES string of the molecule is Cc1cc(NS(=O)(=O)c2cc([N+](=O)[O-])c(Cl)s2)n(C)n1. The lowest BCUT2D eigenvalue weighted by Crippen LogP contribution is -2.14. The summed E-state index contributed by atoms with van der Waals surface area (Å²) in [7, 11) is -2.36. The molecule has 0 atom stereocenters. The number of sulfonamides is 1. The van der Waals surface area contributed by atoms with Crippen LogP contribution in [0.3, 0.4) is 0 Å². The van der Waals surface area contributed by atoms with Gasteiger partial charge in [0.25, 0.3) is 15.7 Å². The van der Waals surface area contributed by atoms with Crippen molar-refractivity contribution in [2.24, 2.45) is 7.05 Å². The van der Waals surface area contributed by atoms with Crippen LogP contribution in [0.4, 0.5) is 11.5 Å². The molecule has 0 spiro atoms. The highest BCUT2D eigenvalue weighted by Gasteiger charge is 2.26. The minimum atomic E-state index is -3.94. The lowest BCUT2D eigenvalue weighted by Gasteiger charge is -2.05. The molecule has 2 aromatic heterocycles. The molecule has 0 saturated heterocycles. The average Bonchev–Trinajstić information content (AvgIpc) is 2.83. The summed E-state index contributed by atoms with van der Waals surface area (Å²) in [6.45, 7) is 1.71. The summed E-state index contributed by atoms with van der Waals surface area (Å²) in [6.07, 6.45) is 0. The largest absolute Gasteiger partial charge is 0.300 e. The first kappa shape index (κ1) is 14.8. The summed E-state index contributed by atoms with van der Waals surface area (Å²) in [5.74, 6) is 0.259. The highest BCUT2D eigenvalue weighted by atomic mass is 35.5. The number of nitro groups is 1. The number of aryl methyl sites for hydroxylation is 2. The standard InChI is InChI=1S/C9H9ClN4O4S2/c1-5-3-7(13(2)11-5)12-20(17,18)8-4-6(14(15)16)9(10)19-8/h3-4,12H,1-2H3. The molecule has 108 valence electrons. The number of halogens is 1. The number of thiophene rings is 1. The van der Waals surface area contributed by atoms with E-state index in [0.717, 1.165) is 6.07 Å². The Morgan fingerprint density at radius 3 is 2.60 bits per heavy atom. The van der Waals surface area contributed by atoms with E-state index in [9.17, 15) is 18.5 Å². The van der Waals surface area contributed by atoms with Gasteiger partial charge in [-0.25, -0.2) is 8.42 Å². The van der Waals surface area contributed by atoms with Crippen molar-refractivity contribution in [1.82, 2.24) is 9.78 Å². The van der Waals surface area contributed by atoms with E-state index in [2.05, 4.69) is 9.82 Å². The Bertz CT molecular complexity index is 780. The van der Waals surface area contributed by atoms with E-state index >= 15 is 0 Å². The molecule has 0 aliphatic heterocycles. The van der Waals surface area contributed by atoms with Crippen LogP contribution in [0.1, 0.15) is 5.69 Å². The van der Waals surface area contributed by atoms with E-state index in [-0.39, 0.29) is 14.4 Å². The first-order valence-electron chi connectivity index (χ1n) is 5.18. The van der Waals surface area contributed by atoms with Gasteiger partial charge >= 0.3 is 0 Å². The maximum atomic E-state index is 12.1. The molecular formula is C9H9ClN4O4S2. The molecule has 1 N–H and O–H groups in total. The van der Waals surface area contributed by atoms with Crippen molar-refractivity contribution in [2.75, 3.05) is 4.72 Å². The van der Waals surface area contributed by atoms with Crippen LogP contribution in [-0.2, 0) is 17.1 Å². The Morgan fingerprint density at radius 1 is 1.50 bits per heavy atom. The normalized spacial score (nSPS) is 11.6. The lowest BCUT2D eigenvalue weighted by molar-refractivity contribution is -0.384. The Balaban J connectivity index is 2.38. The Hall–Kier alpha value is -1.65. The predicted molar refractivity (Wildman–Crippen MR) is 74.7 cm³/mol. The van der Waals surface area contributed by atoms with Crippen molar-refractivity contribution < 1.29 is 13.3 Å². The fourth-order valence-corrected chi connectivity index (χ4v) is 4.23. The number of hydrogen-bond acceptors (Lipinski definition) is 6. The van der Waals surface area contributed by atoms with Gasteiger partial charge < -0.3 is 0 Å². The van der Waals surface area contributed by atoms with Gasteiger partial charge in [0.1, 0.15) is 10.0 Å². The first-order chi connectivity index (χ1) is 9.20. The molecular weight excluding hydrogens is 328 g/mol. The zero-order valence-corrected chi connectivity index (χ0v) is 12.7. The van der Waals surface area contributed by atoms with Gasteiger partial charge in [-0.2, -0.15) is 5.10 Å². The molecule has 0 unspecified atom stereocenters. The molecule has 2 rings (SSSR count). The van der Waals surface area contributed by atoms with Gasteiger partial charge in [-0.3, -0.25) is 19.5 Å². The molecule has 11 heteroatoms. The van der Waals surface area contributed by atoms with Crippen molar-refractivity contribution in [3.8, 4) is 0 Å². The van der Waals surface area contributed by atoms with Crippen molar-refractivity contribution in [2.45, 2.75) is 11.1 Å². The average molecular weight is 337 g/mol. The molecule has 2 aromatic rings. The maximum absolute atomic E-state index is 12.1. The summed E-state index contributed by atoms with van der Waals surface area (Å²) in [5.41, 5.74) is 0.207. The highest BCUT2D eigenvalue weighted by molar-refractivity contribution is 7.94. The molecule has 0 fully saturated rings. The highest BCUT2D eigenvalue weighted by Crippen LogP contribution is 2.36. The second kappa shape index (κ2) is 5.04. The number of anilines is 1. The third kappa shape index (κ3) is 2.76. The molecule has 20 heavy (non-hydrogen) atoms. The molecule has 0 aliphatic carbocycles. The molecule has 0 aromatic carbocycles. The Morgan fingerprint density at radius 2 is 2.15 bits per heavy atom. The molecule has 0 bridgehead atoms. The number of nitrogens with zero attached hydrogens (tertiary/aromatic N) is 3. The van der Waals surface area contributed by atoms with E-state index in [1.807, 2.05) is 0 Å². The topological polar surface area (TPSA) is 107 Å². The summed E-state index contributed by atoms with van der Waals surface area (Å²) < 4.78 is 27.5. The van der Waals surface area contributed by atoms with Crippen LogP contribution in [0.2, 0.25) is 4.34 Å². The second-order valence-electron chi connectivity index (χ2n) is 3.88. The van der Waals surface area contributed by atoms with Crippen LogP contribution in [-0.4, -0.2) is 23.1 Å². The van der Waals surface area contributed by atoms with Crippen LogP contribution in [0.25, 0.3) is 0 Å². The molecule has 0 aliphatic rings. The summed E-state index contributed by atoms with van der Waals surface area (Å²) in [6, 6.07) is 2.47. The van der Waals surface area contributed by atoms with Gasteiger partial charge in [0.15, 0.2) is 4.34 Å². The Kier molecular flexibility index (Phi) is 3.71. The van der Waals surface area contributed by atoms with E-state index in [1.54, 1.807) is 20.0 Å². The number of rotatable bonds is 4. The summed E-state index contributed by atoms with van der Waals surface area (Å²) in [4.78, 5) is 9.95. The second-order valence-corrected chi connectivity index (χ2v) is 7.45. The third-order valence-corrected chi connectivity index (χ3v) is 5.51. The smallest absolute Gasteiger partial charge is 0.263 e. The molecule has 2 heterocycles. The van der Waals surface area contributed by atoms with Crippen molar-refractivity contribution in [3.63, 3.8) is 0 Å². The van der Waals surface area contributed by atoms with Gasteiger partial charge in [0, 0.05) is 19.2 Å². The summed E-state index contributed by atoms with van der Waals surface area (Å²) in [5, 5.41) is 14.7. The molecule has 0 amide bonds. The first-order valence-corrected chi connectivity index (χ1v) is 7.85. The third-order valence-electron chi connectivity index (χ3n) is 2.35. The van der Waals surface area contributed by atoms with E-state index in [0.29, 0.717) is 17.0 Å². The van der Waals surface area contributed by atoms with Gasteiger partial charge in [-0.1, -0.05) is 11.6 Å². The molecule has 0 saturated carbocycles. The van der Waals surface area contributed by atoms with Crippen LogP contribution in [0.15, 0.2) is 16.3 Å². The fourth-order valence-electron chi connectivity index (χ4n) is 1.49. The van der Waals surface area contributed by atoms with Crippen molar-refractivity contribution >= 4 is 44.5 Å².